The number of hydrogen-bond acceptors (Lipinski definition) is 7. The summed E-state index contributed by atoms with van der Waals surface area (Å²) in [5.41, 5.74) is 0.591. The Labute approximate surface area is 177 Å². The Morgan fingerprint density at radius 3 is 2.03 bits per heavy atom. The van der Waals surface area contributed by atoms with Crippen LogP contribution >= 0.6 is 0 Å². The van der Waals surface area contributed by atoms with Crippen LogP contribution in [0.4, 0.5) is 11.6 Å². The number of nitrogens with zero attached hydrogens (tertiary/aromatic N) is 6. The van der Waals surface area contributed by atoms with Crippen LogP contribution in [0.25, 0.3) is 0 Å². The number of rotatable bonds is 5. The SMILES string of the molecule is CCOc1ccc(C(=O)N2CCN(c3ccc(N4CCCCCC4)nn3)CC2)cn1. The highest BCUT2D eigenvalue weighted by Gasteiger charge is 2.23. The van der Waals surface area contributed by atoms with Crippen molar-refractivity contribution in [2.24, 2.45) is 0 Å². The van der Waals surface area contributed by atoms with Crippen LogP contribution in [0.1, 0.15) is 43.0 Å². The highest BCUT2D eigenvalue weighted by atomic mass is 16.5. The topological polar surface area (TPSA) is 74.7 Å². The Morgan fingerprint density at radius 2 is 1.50 bits per heavy atom. The fourth-order valence-corrected chi connectivity index (χ4v) is 4.02. The Morgan fingerprint density at radius 1 is 0.867 bits per heavy atom. The first-order chi connectivity index (χ1) is 14.7. The number of hydrogen-bond donors (Lipinski definition) is 0. The number of ether oxygens (including phenoxy) is 1. The minimum absolute atomic E-state index is 0.00722. The number of carbonyl (C=O) groups excluding carboxylic acids is 1. The molecule has 0 aromatic carbocycles. The zero-order chi connectivity index (χ0) is 20.8. The first-order valence-electron chi connectivity index (χ1n) is 11.0. The van der Waals surface area contributed by atoms with E-state index in [1.165, 1.54) is 25.7 Å². The zero-order valence-corrected chi connectivity index (χ0v) is 17.7. The van der Waals surface area contributed by atoms with E-state index in [2.05, 4.69) is 37.1 Å². The number of amides is 1. The van der Waals surface area contributed by atoms with Gasteiger partial charge in [-0.25, -0.2) is 4.98 Å². The van der Waals surface area contributed by atoms with Gasteiger partial charge in [0.1, 0.15) is 0 Å². The van der Waals surface area contributed by atoms with E-state index in [4.69, 9.17) is 4.74 Å². The molecule has 0 atom stereocenters. The quantitative estimate of drug-likeness (QED) is 0.750. The molecular weight excluding hydrogens is 380 g/mol. The van der Waals surface area contributed by atoms with Gasteiger partial charge in [-0.2, -0.15) is 0 Å². The molecule has 8 heteroatoms. The summed E-state index contributed by atoms with van der Waals surface area (Å²) in [5.74, 6) is 2.40. The van der Waals surface area contributed by atoms with Gasteiger partial charge in [0.05, 0.1) is 12.2 Å². The molecule has 0 saturated carbocycles. The molecule has 30 heavy (non-hydrogen) atoms. The first kappa shape index (κ1) is 20.4. The summed E-state index contributed by atoms with van der Waals surface area (Å²) in [4.78, 5) is 23.4. The Hall–Kier alpha value is -2.90. The molecule has 160 valence electrons. The number of carbonyl (C=O) groups is 1. The van der Waals surface area contributed by atoms with Crippen LogP contribution in [0.2, 0.25) is 0 Å². The molecule has 2 fully saturated rings. The second-order valence-electron chi connectivity index (χ2n) is 7.75. The number of anilines is 2. The van der Waals surface area contributed by atoms with Crippen molar-refractivity contribution in [1.82, 2.24) is 20.1 Å². The molecule has 2 aliphatic rings. The third-order valence-electron chi connectivity index (χ3n) is 5.73. The minimum atomic E-state index is 0.00722. The molecule has 0 bridgehead atoms. The number of piperazine rings is 1. The molecule has 8 nitrogen and oxygen atoms in total. The lowest BCUT2D eigenvalue weighted by Gasteiger charge is -2.35. The van der Waals surface area contributed by atoms with Gasteiger partial charge in [-0.15, -0.1) is 10.2 Å². The Kier molecular flexibility index (Phi) is 6.61. The number of pyridine rings is 1. The van der Waals surface area contributed by atoms with Crippen LogP contribution in [0.3, 0.4) is 0 Å². The fraction of sp³-hybridized carbons (Fsp3) is 0.545. The molecule has 2 aromatic heterocycles. The van der Waals surface area contributed by atoms with E-state index < -0.39 is 0 Å². The summed E-state index contributed by atoms with van der Waals surface area (Å²) in [6.45, 7) is 7.40. The van der Waals surface area contributed by atoms with Crippen molar-refractivity contribution in [2.45, 2.75) is 32.6 Å². The second kappa shape index (κ2) is 9.73. The third-order valence-corrected chi connectivity index (χ3v) is 5.73. The van der Waals surface area contributed by atoms with Gasteiger partial charge in [0.25, 0.3) is 5.91 Å². The first-order valence-corrected chi connectivity index (χ1v) is 11.0. The van der Waals surface area contributed by atoms with Gasteiger partial charge in [0.2, 0.25) is 5.88 Å². The molecule has 0 N–H and O–H groups in total. The van der Waals surface area contributed by atoms with E-state index in [0.717, 1.165) is 37.8 Å². The average Bonchev–Trinajstić information content (AvgIpc) is 3.09. The maximum absolute atomic E-state index is 12.8. The molecule has 2 aromatic rings. The van der Waals surface area contributed by atoms with Crippen molar-refractivity contribution < 1.29 is 9.53 Å². The smallest absolute Gasteiger partial charge is 0.255 e. The lowest BCUT2D eigenvalue weighted by Crippen LogP contribution is -2.49. The highest BCUT2D eigenvalue weighted by molar-refractivity contribution is 5.94. The molecule has 2 saturated heterocycles. The van der Waals surface area contributed by atoms with Gasteiger partial charge in [-0.3, -0.25) is 4.79 Å². The summed E-state index contributed by atoms with van der Waals surface area (Å²) in [6, 6.07) is 7.66. The van der Waals surface area contributed by atoms with Gasteiger partial charge < -0.3 is 19.4 Å². The van der Waals surface area contributed by atoms with Crippen LogP contribution < -0.4 is 14.5 Å². The van der Waals surface area contributed by atoms with Crippen molar-refractivity contribution in [3.63, 3.8) is 0 Å². The summed E-state index contributed by atoms with van der Waals surface area (Å²) in [7, 11) is 0. The van der Waals surface area contributed by atoms with Crippen LogP contribution in [-0.4, -0.2) is 71.9 Å². The van der Waals surface area contributed by atoms with E-state index in [0.29, 0.717) is 31.1 Å². The molecule has 0 aliphatic carbocycles. The van der Waals surface area contributed by atoms with Crippen LogP contribution in [0.15, 0.2) is 30.5 Å². The summed E-state index contributed by atoms with van der Waals surface area (Å²) in [5, 5.41) is 8.95. The predicted octanol–water partition coefficient (Wildman–Crippen LogP) is 2.61. The highest BCUT2D eigenvalue weighted by Crippen LogP contribution is 2.20. The Bertz CT molecular complexity index is 811. The minimum Gasteiger partial charge on any atom is -0.478 e. The molecule has 0 radical (unpaired) electrons. The maximum atomic E-state index is 12.8. The van der Waals surface area contributed by atoms with Gasteiger partial charge in [0, 0.05) is 51.5 Å². The van der Waals surface area contributed by atoms with Crippen molar-refractivity contribution in [3.05, 3.63) is 36.0 Å². The summed E-state index contributed by atoms with van der Waals surface area (Å²) in [6.07, 6.45) is 6.65. The van der Waals surface area contributed by atoms with E-state index >= 15 is 0 Å². The molecular formula is C22H30N6O2. The summed E-state index contributed by atoms with van der Waals surface area (Å²) < 4.78 is 5.34. The second-order valence-corrected chi connectivity index (χ2v) is 7.75. The molecule has 0 unspecified atom stereocenters. The largest absolute Gasteiger partial charge is 0.478 e. The molecule has 0 spiro atoms. The van der Waals surface area contributed by atoms with Crippen molar-refractivity contribution in [3.8, 4) is 5.88 Å². The van der Waals surface area contributed by atoms with Crippen LogP contribution in [0.5, 0.6) is 5.88 Å². The van der Waals surface area contributed by atoms with Crippen LogP contribution in [-0.2, 0) is 0 Å². The molecule has 2 aliphatic heterocycles. The Balaban J connectivity index is 1.32. The molecule has 1 amide bonds. The van der Waals surface area contributed by atoms with E-state index in [1.807, 2.05) is 11.8 Å². The van der Waals surface area contributed by atoms with Crippen molar-refractivity contribution >= 4 is 17.5 Å². The molecule has 4 rings (SSSR count). The summed E-state index contributed by atoms with van der Waals surface area (Å²) >= 11 is 0. The van der Waals surface area contributed by atoms with Crippen molar-refractivity contribution in [1.29, 1.82) is 0 Å². The normalized spacial score (nSPS) is 17.6. The monoisotopic (exact) mass is 410 g/mol. The fourth-order valence-electron chi connectivity index (χ4n) is 4.02. The third kappa shape index (κ3) is 4.80. The van der Waals surface area contributed by atoms with Gasteiger partial charge in [-0.05, 0) is 38.0 Å². The van der Waals surface area contributed by atoms with Crippen LogP contribution in [0, 0.1) is 0 Å². The van der Waals surface area contributed by atoms with E-state index in [1.54, 1.807) is 18.3 Å². The van der Waals surface area contributed by atoms with E-state index in [-0.39, 0.29) is 5.91 Å². The van der Waals surface area contributed by atoms with Gasteiger partial charge in [-0.1, -0.05) is 12.8 Å². The van der Waals surface area contributed by atoms with Gasteiger partial charge in [0.15, 0.2) is 11.6 Å². The lowest BCUT2D eigenvalue weighted by atomic mass is 10.2. The maximum Gasteiger partial charge on any atom is 0.255 e. The van der Waals surface area contributed by atoms with Crippen molar-refractivity contribution in [2.75, 3.05) is 55.7 Å². The standard InChI is InChI=1S/C22H30N6O2/c1-2-30-21-10-7-18(17-23-21)22(29)28-15-13-27(14-16-28)20-9-8-19(24-25-20)26-11-5-3-4-6-12-26/h7-10,17H,2-6,11-16H2,1H3. The van der Waals surface area contributed by atoms with E-state index in [9.17, 15) is 4.79 Å². The average molecular weight is 411 g/mol. The predicted molar refractivity (Wildman–Crippen MR) is 116 cm³/mol. The number of aromatic nitrogens is 3. The zero-order valence-electron chi connectivity index (χ0n) is 17.7. The molecule has 4 heterocycles. The lowest BCUT2D eigenvalue weighted by molar-refractivity contribution is 0.0746. The van der Waals surface area contributed by atoms with Gasteiger partial charge >= 0.3 is 0 Å².